The first-order valence-electron chi connectivity index (χ1n) is 6.42. The van der Waals surface area contributed by atoms with Crippen molar-refractivity contribution in [3.8, 4) is 0 Å². The van der Waals surface area contributed by atoms with E-state index in [0.717, 1.165) is 12.2 Å². The molecule has 0 aliphatic rings. The van der Waals surface area contributed by atoms with E-state index in [1.54, 1.807) is 11.8 Å². The van der Waals surface area contributed by atoms with Gasteiger partial charge in [0.15, 0.2) is 0 Å². The number of hydrogen-bond donors (Lipinski definition) is 1. The van der Waals surface area contributed by atoms with Crippen molar-refractivity contribution in [3.05, 3.63) is 35.9 Å². The molecule has 0 aliphatic heterocycles. The summed E-state index contributed by atoms with van der Waals surface area (Å²) in [6.07, 6.45) is 0.939. The second kappa shape index (κ2) is 6.83. The zero-order valence-electron chi connectivity index (χ0n) is 11.7. The summed E-state index contributed by atoms with van der Waals surface area (Å²) < 4.78 is 0. The second-order valence-corrected chi connectivity index (χ2v) is 6.49. The van der Waals surface area contributed by atoms with Crippen LogP contribution in [0.15, 0.2) is 30.3 Å². The highest BCUT2D eigenvalue weighted by Crippen LogP contribution is 2.18. The molecule has 0 heterocycles. The molecule has 0 bridgehead atoms. The fourth-order valence-electron chi connectivity index (χ4n) is 1.39. The summed E-state index contributed by atoms with van der Waals surface area (Å²) in [6.45, 7) is 8.16. The third-order valence-electron chi connectivity index (χ3n) is 3.06. The molecule has 1 amide bonds. The van der Waals surface area contributed by atoms with E-state index in [1.165, 1.54) is 5.56 Å². The van der Waals surface area contributed by atoms with Crippen LogP contribution in [0, 0.1) is 0 Å². The standard InChI is InChI=1S/C15H23NOS/c1-5-15(3,4)16-14(17)12(2)18-11-13-9-7-6-8-10-13/h6-10,12H,5,11H2,1-4H3,(H,16,17). The molecule has 1 atom stereocenters. The molecular formula is C15H23NOS. The minimum Gasteiger partial charge on any atom is -0.350 e. The van der Waals surface area contributed by atoms with Gasteiger partial charge in [0.2, 0.25) is 5.91 Å². The number of thioether (sulfide) groups is 1. The highest BCUT2D eigenvalue weighted by molar-refractivity contribution is 7.99. The smallest absolute Gasteiger partial charge is 0.233 e. The van der Waals surface area contributed by atoms with Crippen LogP contribution in [0.2, 0.25) is 0 Å². The van der Waals surface area contributed by atoms with Gasteiger partial charge in [-0.2, -0.15) is 0 Å². The molecule has 0 aliphatic carbocycles. The first-order valence-corrected chi connectivity index (χ1v) is 7.47. The predicted octanol–water partition coefficient (Wildman–Crippen LogP) is 3.61. The number of benzene rings is 1. The Labute approximate surface area is 115 Å². The summed E-state index contributed by atoms with van der Waals surface area (Å²) >= 11 is 1.68. The van der Waals surface area contributed by atoms with Gasteiger partial charge in [0, 0.05) is 11.3 Å². The Morgan fingerprint density at radius 1 is 1.33 bits per heavy atom. The van der Waals surface area contributed by atoms with Crippen molar-refractivity contribution in [2.45, 2.75) is 50.7 Å². The van der Waals surface area contributed by atoms with Crippen molar-refractivity contribution in [1.29, 1.82) is 0 Å². The SMILES string of the molecule is CCC(C)(C)NC(=O)C(C)SCc1ccccc1. The molecule has 2 nitrogen and oxygen atoms in total. The molecule has 18 heavy (non-hydrogen) atoms. The lowest BCUT2D eigenvalue weighted by Gasteiger charge is -2.26. The zero-order valence-corrected chi connectivity index (χ0v) is 12.5. The zero-order chi connectivity index (χ0) is 13.6. The minimum absolute atomic E-state index is 0.0176. The van der Waals surface area contributed by atoms with Gasteiger partial charge < -0.3 is 5.32 Å². The summed E-state index contributed by atoms with van der Waals surface area (Å²) in [6, 6.07) is 10.2. The number of nitrogens with one attached hydrogen (secondary N) is 1. The Morgan fingerprint density at radius 3 is 2.50 bits per heavy atom. The van der Waals surface area contributed by atoms with Gasteiger partial charge in [0.1, 0.15) is 0 Å². The average Bonchev–Trinajstić information content (AvgIpc) is 2.36. The van der Waals surface area contributed by atoms with Crippen molar-refractivity contribution in [3.63, 3.8) is 0 Å². The largest absolute Gasteiger partial charge is 0.350 e. The van der Waals surface area contributed by atoms with Crippen molar-refractivity contribution < 1.29 is 4.79 Å². The molecule has 0 radical (unpaired) electrons. The maximum absolute atomic E-state index is 12.0. The molecule has 1 unspecified atom stereocenters. The van der Waals surface area contributed by atoms with Gasteiger partial charge in [-0.3, -0.25) is 4.79 Å². The summed E-state index contributed by atoms with van der Waals surface area (Å²) in [5.41, 5.74) is 1.15. The van der Waals surface area contributed by atoms with Crippen LogP contribution in [0.3, 0.4) is 0 Å². The predicted molar refractivity (Wildman–Crippen MR) is 79.7 cm³/mol. The number of rotatable bonds is 6. The lowest BCUT2D eigenvalue weighted by molar-refractivity contribution is -0.121. The van der Waals surface area contributed by atoms with E-state index in [1.807, 2.05) is 25.1 Å². The third-order valence-corrected chi connectivity index (χ3v) is 4.27. The first-order chi connectivity index (χ1) is 8.44. The molecule has 0 spiro atoms. The van der Waals surface area contributed by atoms with E-state index in [-0.39, 0.29) is 16.7 Å². The summed E-state index contributed by atoms with van der Waals surface area (Å²) in [5.74, 6) is 1.00. The summed E-state index contributed by atoms with van der Waals surface area (Å²) in [4.78, 5) is 12.0. The lowest BCUT2D eigenvalue weighted by atomic mass is 10.0. The second-order valence-electron chi connectivity index (χ2n) is 5.17. The van der Waals surface area contributed by atoms with Crippen LogP contribution in [0.25, 0.3) is 0 Å². The number of carbonyl (C=O) groups excluding carboxylic acids is 1. The van der Waals surface area contributed by atoms with Gasteiger partial charge in [-0.15, -0.1) is 11.8 Å². The molecule has 1 aromatic rings. The van der Waals surface area contributed by atoms with Crippen LogP contribution >= 0.6 is 11.8 Å². The van der Waals surface area contributed by atoms with Crippen LogP contribution in [-0.4, -0.2) is 16.7 Å². The monoisotopic (exact) mass is 265 g/mol. The Kier molecular flexibility index (Phi) is 5.73. The normalized spacial score (nSPS) is 13.1. The number of amides is 1. The Bertz CT molecular complexity index is 375. The van der Waals surface area contributed by atoms with Gasteiger partial charge in [-0.1, -0.05) is 37.3 Å². The molecule has 100 valence electrons. The van der Waals surface area contributed by atoms with Gasteiger partial charge in [-0.05, 0) is 32.8 Å². The lowest BCUT2D eigenvalue weighted by Crippen LogP contribution is -2.46. The van der Waals surface area contributed by atoms with Crippen LogP contribution in [0.5, 0.6) is 0 Å². The minimum atomic E-state index is -0.112. The van der Waals surface area contributed by atoms with Gasteiger partial charge in [-0.25, -0.2) is 0 Å². The number of carbonyl (C=O) groups is 1. The molecule has 0 fully saturated rings. The van der Waals surface area contributed by atoms with Gasteiger partial charge in [0.25, 0.3) is 0 Å². The highest BCUT2D eigenvalue weighted by Gasteiger charge is 2.21. The molecule has 0 saturated heterocycles. The maximum Gasteiger partial charge on any atom is 0.233 e. The van der Waals surface area contributed by atoms with Crippen molar-refractivity contribution in [2.24, 2.45) is 0 Å². The number of hydrogen-bond acceptors (Lipinski definition) is 2. The molecule has 1 aromatic carbocycles. The third kappa shape index (κ3) is 5.13. The molecule has 0 saturated carbocycles. The van der Waals surface area contributed by atoms with E-state index in [2.05, 4.69) is 38.2 Å². The summed E-state index contributed by atoms with van der Waals surface area (Å²) in [5, 5.41) is 3.06. The van der Waals surface area contributed by atoms with Crippen molar-refractivity contribution >= 4 is 17.7 Å². The fourth-order valence-corrected chi connectivity index (χ4v) is 2.24. The van der Waals surface area contributed by atoms with E-state index in [4.69, 9.17) is 0 Å². The van der Waals surface area contributed by atoms with E-state index in [0.29, 0.717) is 0 Å². The Hall–Kier alpha value is -0.960. The van der Waals surface area contributed by atoms with Gasteiger partial charge >= 0.3 is 0 Å². The molecule has 3 heteroatoms. The average molecular weight is 265 g/mol. The maximum atomic E-state index is 12.0. The van der Waals surface area contributed by atoms with Crippen molar-refractivity contribution in [1.82, 2.24) is 5.32 Å². The summed E-state index contributed by atoms with van der Waals surface area (Å²) in [7, 11) is 0. The molecule has 1 rings (SSSR count). The van der Waals surface area contributed by atoms with Gasteiger partial charge in [0.05, 0.1) is 5.25 Å². The molecular weight excluding hydrogens is 242 g/mol. The van der Waals surface area contributed by atoms with E-state index < -0.39 is 0 Å². The van der Waals surface area contributed by atoms with E-state index >= 15 is 0 Å². The molecule has 1 N–H and O–H groups in total. The van der Waals surface area contributed by atoms with Crippen LogP contribution in [-0.2, 0) is 10.5 Å². The topological polar surface area (TPSA) is 29.1 Å². The highest BCUT2D eigenvalue weighted by atomic mass is 32.2. The van der Waals surface area contributed by atoms with Crippen molar-refractivity contribution in [2.75, 3.05) is 0 Å². The Balaban J connectivity index is 2.41. The Morgan fingerprint density at radius 2 is 1.94 bits per heavy atom. The fraction of sp³-hybridized carbons (Fsp3) is 0.533. The van der Waals surface area contributed by atoms with Crippen LogP contribution in [0.1, 0.15) is 39.7 Å². The van der Waals surface area contributed by atoms with Crippen LogP contribution in [0.4, 0.5) is 0 Å². The quantitative estimate of drug-likeness (QED) is 0.851. The van der Waals surface area contributed by atoms with Crippen LogP contribution < -0.4 is 5.32 Å². The molecule has 0 aromatic heterocycles. The van der Waals surface area contributed by atoms with E-state index in [9.17, 15) is 4.79 Å². The first kappa shape index (κ1) is 15.1.